The van der Waals surface area contributed by atoms with E-state index in [2.05, 4.69) is 15.0 Å². The molecular formula is C15H16N4OS. The van der Waals surface area contributed by atoms with Gasteiger partial charge in [-0.05, 0) is 26.0 Å². The van der Waals surface area contributed by atoms with Crippen LogP contribution in [-0.4, -0.2) is 32.8 Å². The van der Waals surface area contributed by atoms with E-state index in [4.69, 9.17) is 0 Å². The summed E-state index contributed by atoms with van der Waals surface area (Å²) < 4.78 is 0. The molecule has 0 saturated heterocycles. The second-order valence-corrected chi connectivity index (χ2v) is 6.21. The Balaban J connectivity index is 1.80. The van der Waals surface area contributed by atoms with Gasteiger partial charge < -0.3 is 9.88 Å². The summed E-state index contributed by atoms with van der Waals surface area (Å²) in [7, 11) is 1.78. The zero-order chi connectivity index (χ0) is 15.0. The number of rotatable bonds is 3. The van der Waals surface area contributed by atoms with E-state index in [1.807, 2.05) is 38.1 Å². The van der Waals surface area contributed by atoms with Gasteiger partial charge in [0.1, 0.15) is 10.7 Å². The van der Waals surface area contributed by atoms with Crippen LogP contribution >= 0.6 is 11.3 Å². The van der Waals surface area contributed by atoms with Crippen LogP contribution in [0, 0.1) is 13.8 Å². The number of imidazole rings is 1. The van der Waals surface area contributed by atoms with Gasteiger partial charge in [0.15, 0.2) is 0 Å². The number of hydrogen-bond acceptors (Lipinski definition) is 4. The number of nitrogens with one attached hydrogen (secondary N) is 1. The zero-order valence-electron chi connectivity index (χ0n) is 12.2. The first-order chi connectivity index (χ1) is 10.0. The highest BCUT2D eigenvalue weighted by atomic mass is 32.1. The molecule has 3 aromatic rings. The molecule has 2 aromatic heterocycles. The van der Waals surface area contributed by atoms with Gasteiger partial charge in [-0.2, -0.15) is 0 Å². The average Bonchev–Trinajstić information content (AvgIpc) is 3.00. The van der Waals surface area contributed by atoms with Crippen molar-refractivity contribution in [3.05, 3.63) is 45.7 Å². The minimum Gasteiger partial charge on any atom is -0.340 e. The minimum atomic E-state index is -0.0152. The van der Waals surface area contributed by atoms with Crippen molar-refractivity contribution in [2.45, 2.75) is 20.4 Å². The molecule has 0 saturated carbocycles. The SMILES string of the molecule is Cc1nc(C)c(C(=O)N(C)Cc2nc3ccccc3[nH]2)s1. The molecule has 108 valence electrons. The first-order valence-corrected chi connectivity index (χ1v) is 7.49. The standard InChI is InChI=1S/C15H16N4OS/c1-9-14(21-10(2)16-9)15(20)19(3)8-13-17-11-6-4-5-7-12(11)18-13/h4-7H,8H2,1-3H3,(H,17,18). The molecule has 0 fully saturated rings. The molecule has 0 spiro atoms. The molecule has 0 bridgehead atoms. The summed E-state index contributed by atoms with van der Waals surface area (Å²) in [6, 6.07) is 7.84. The molecule has 0 aliphatic heterocycles. The highest BCUT2D eigenvalue weighted by Gasteiger charge is 2.19. The predicted octanol–water partition coefficient (Wildman–Crippen LogP) is 2.91. The minimum absolute atomic E-state index is 0.0152. The van der Waals surface area contributed by atoms with Gasteiger partial charge in [0.2, 0.25) is 0 Å². The van der Waals surface area contributed by atoms with Gasteiger partial charge in [-0.1, -0.05) is 12.1 Å². The molecule has 1 amide bonds. The lowest BCUT2D eigenvalue weighted by atomic mass is 10.3. The predicted molar refractivity (Wildman–Crippen MR) is 83.5 cm³/mol. The third-order valence-corrected chi connectivity index (χ3v) is 4.33. The summed E-state index contributed by atoms with van der Waals surface area (Å²) in [6.07, 6.45) is 0. The third kappa shape index (κ3) is 2.67. The average molecular weight is 300 g/mol. The fraction of sp³-hybridized carbons (Fsp3) is 0.267. The molecule has 0 radical (unpaired) electrons. The summed E-state index contributed by atoms with van der Waals surface area (Å²) in [5.74, 6) is 0.768. The number of aryl methyl sites for hydroxylation is 2. The number of aromatic amines is 1. The number of carbonyl (C=O) groups excluding carboxylic acids is 1. The summed E-state index contributed by atoms with van der Waals surface area (Å²) >= 11 is 1.43. The van der Waals surface area contributed by atoms with Crippen LogP contribution in [0.15, 0.2) is 24.3 Å². The number of hydrogen-bond donors (Lipinski definition) is 1. The smallest absolute Gasteiger partial charge is 0.266 e. The molecule has 3 rings (SSSR count). The Morgan fingerprint density at radius 2 is 2.05 bits per heavy atom. The molecular weight excluding hydrogens is 284 g/mol. The number of carbonyl (C=O) groups is 1. The Bertz CT molecular complexity index is 772. The largest absolute Gasteiger partial charge is 0.340 e. The van der Waals surface area contributed by atoms with Crippen molar-refractivity contribution >= 4 is 28.3 Å². The maximum absolute atomic E-state index is 12.5. The molecule has 0 unspecified atom stereocenters. The van der Waals surface area contributed by atoms with Gasteiger partial charge >= 0.3 is 0 Å². The molecule has 1 N–H and O–H groups in total. The number of benzene rings is 1. The summed E-state index contributed by atoms with van der Waals surface area (Å²) in [5.41, 5.74) is 2.69. The van der Waals surface area contributed by atoms with Crippen molar-refractivity contribution in [3.63, 3.8) is 0 Å². The van der Waals surface area contributed by atoms with E-state index in [9.17, 15) is 4.79 Å². The van der Waals surface area contributed by atoms with Gasteiger partial charge in [-0.3, -0.25) is 4.79 Å². The number of H-pyrrole nitrogens is 1. The van der Waals surface area contributed by atoms with Crippen molar-refractivity contribution in [1.82, 2.24) is 19.9 Å². The number of para-hydroxylation sites is 2. The van der Waals surface area contributed by atoms with E-state index in [1.165, 1.54) is 11.3 Å². The molecule has 6 heteroatoms. The quantitative estimate of drug-likeness (QED) is 0.809. The van der Waals surface area contributed by atoms with Gasteiger partial charge in [0.25, 0.3) is 5.91 Å². The molecule has 1 aromatic carbocycles. The molecule has 21 heavy (non-hydrogen) atoms. The first kappa shape index (κ1) is 13.8. The monoisotopic (exact) mass is 300 g/mol. The summed E-state index contributed by atoms with van der Waals surface area (Å²) in [6.45, 7) is 4.23. The van der Waals surface area contributed by atoms with Crippen LogP contribution in [0.5, 0.6) is 0 Å². The van der Waals surface area contributed by atoms with E-state index >= 15 is 0 Å². The second-order valence-electron chi connectivity index (χ2n) is 5.01. The maximum atomic E-state index is 12.5. The Labute approximate surface area is 126 Å². The van der Waals surface area contributed by atoms with Crippen molar-refractivity contribution in [1.29, 1.82) is 0 Å². The van der Waals surface area contributed by atoms with E-state index in [0.29, 0.717) is 11.4 Å². The van der Waals surface area contributed by atoms with Crippen LogP contribution in [0.1, 0.15) is 26.2 Å². The fourth-order valence-corrected chi connectivity index (χ4v) is 3.19. The van der Waals surface area contributed by atoms with Crippen LogP contribution in [-0.2, 0) is 6.54 Å². The number of aromatic nitrogens is 3. The van der Waals surface area contributed by atoms with E-state index in [1.54, 1.807) is 11.9 Å². The first-order valence-electron chi connectivity index (χ1n) is 6.67. The molecule has 5 nitrogen and oxygen atoms in total. The van der Waals surface area contributed by atoms with Crippen molar-refractivity contribution in [2.24, 2.45) is 0 Å². The fourth-order valence-electron chi connectivity index (χ4n) is 2.28. The lowest BCUT2D eigenvalue weighted by Gasteiger charge is -2.14. The van der Waals surface area contributed by atoms with E-state index in [-0.39, 0.29) is 5.91 Å². The van der Waals surface area contributed by atoms with Crippen molar-refractivity contribution in [3.8, 4) is 0 Å². The maximum Gasteiger partial charge on any atom is 0.266 e. The number of fused-ring (bicyclic) bond motifs is 1. The summed E-state index contributed by atoms with van der Waals surface area (Å²) in [5, 5.41) is 0.910. The Hall–Kier alpha value is -2.21. The Kier molecular flexibility index (Phi) is 3.47. The lowest BCUT2D eigenvalue weighted by Crippen LogP contribution is -2.26. The van der Waals surface area contributed by atoms with Gasteiger partial charge in [-0.15, -0.1) is 11.3 Å². The summed E-state index contributed by atoms with van der Waals surface area (Å²) in [4.78, 5) is 26.9. The van der Waals surface area contributed by atoms with Crippen LogP contribution in [0.3, 0.4) is 0 Å². The number of thiazole rings is 1. The van der Waals surface area contributed by atoms with Gasteiger partial charge in [0.05, 0.1) is 28.3 Å². The highest BCUT2D eigenvalue weighted by Crippen LogP contribution is 2.19. The number of amides is 1. The third-order valence-electron chi connectivity index (χ3n) is 3.27. The van der Waals surface area contributed by atoms with Crippen LogP contribution < -0.4 is 0 Å². The molecule has 2 heterocycles. The van der Waals surface area contributed by atoms with Gasteiger partial charge in [-0.25, -0.2) is 9.97 Å². The normalized spacial score (nSPS) is 11.0. The van der Waals surface area contributed by atoms with Crippen LogP contribution in [0.4, 0.5) is 0 Å². The second kappa shape index (κ2) is 5.29. The highest BCUT2D eigenvalue weighted by molar-refractivity contribution is 7.13. The van der Waals surface area contributed by atoms with Gasteiger partial charge in [0, 0.05) is 7.05 Å². The van der Waals surface area contributed by atoms with Crippen LogP contribution in [0.25, 0.3) is 11.0 Å². The van der Waals surface area contributed by atoms with Crippen molar-refractivity contribution in [2.75, 3.05) is 7.05 Å². The zero-order valence-corrected chi connectivity index (χ0v) is 13.0. The molecule has 0 atom stereocenters. The molecule has 0 aliphatic carbocycles. The topological polar surface area (TPSA) is 61.9 Å². The van der Waals surface area contributed by atoms with E-state index in [0.717, 1.165) is 27.6 Å². The van der Waals surface area contributed by atoms with Crippen molar-refractivity contribution < 1.29 is 4.79 Å². The Morgan fingerprint density at radius 3 is 2.71 bits per heavy atom. The Morgan fingerprint density at radius 1 is 1.29 bits per heavy atom. The lowest BCUT2D eigenvalue weighted by molar-refractivity contribution is 0.0786. The number of nitrogens with zero attached hydrogens (tertiary/aromatic N) is 3. The van der Waals surface area contributed by atoms with E-state index < -0.39 is 0 Å². The van der Waals surface area contributed by atoms with Crippen LogP contribution in [0.2, 0.25) is 0 Å². The molecule has 0 aliphatic rings.